The maximum Gasteiger partial charge on any atom is 0.246 e. The number of ether oxygens (including phenoxy) is 2. The van der Waals surface area contributed by atoms with E-state index in [0.717, 1.165) is 44.6 Å². The minimum atomic E-state index is -0.972. The van der Waals surface area contributed by atoms with Gasteiger partial charge in [-0.1, -0.05) is 18.2 Å². The van der Waals surface area contributed by atoms with Crippen LogP contribution >= 0.6 is 11.8 Å². The van der Waals surface area contributed by atoms with Crippen LogP contribution in [0.5, 0.6) is 11.5 Å². The zero-order valence-corrected chi connectivity index (χ0v) is 20.6. The Bertz CT molecular complexity index is 1240. The Labute approximate surface area is 209 Å². The average Bonchev–Trinajstić information content (AvgIpc) is 3.44. The van der Waals surface area contributed by atoms with E-state index in [-0.39, 0.29) is 11.8 Å². The lowest BCUT2D eigenvalue weighted by atomic mass is 9.86. The molecule has 5 aliphatic rings. The van der Waals surface area contributed by atoms with Crippen LogP contribution in [0.1, 0.15) is 24.0 Å². The van der Waals surface area contributed by atoms with Gasteiger partial charge < -0.3 is 20.1 Å². The van der Waals surface area contributed by atoms with Crippen LogP contribution in [0.25, 0.3) is 0 Å². The van der Waals surface area contributed by atoms with Crippen LogP contribution in [0.2, 0.25) is 0 Å². The summed E-state index contributed by atoms with van der Waals surface area (Å²) in [5.74, 6) is 3.05. The predicted molar refractivity (Wildman–Crippen MR) is 131 cm³/mol. The molecule has 5 heterocycles. The van der Waals surface area contributed by atoms with E-state index in [9.17, 15) is 13.8 Å². The first kappa shape index (κ1) is 22.8. The first-order valence-electron chi connectivity index (χ1n) is 11.6. The first-order chi connectivity index (χ1) is 17.0. The van der Waals surface area contributed by atoms with Gasteiger partial charge in [-0.05, 0) is 42.2 Å². The lowest BCUT2D eigenvalue weighted by Crippen LogP contribution is -2.47. The monoisotopic (exact) mass is 514 g/mol. The van der Waals surface area contributed by atoms with Gasteiger partial charge in [0.1, 0.15) is 24.3 Å². The van der Waals surface area contributed by atoms with Crippen molar-refractivity contribution >= 4 is 34.4 Å². The molecule has 3 unspecified atom stereocenters. The maximum atomic E-state index is 12.2. The maximum absolute atomic E-state index is 12.2. The lowest BCUT2D eigenvalue weighted by molar-refractivity contribution is -0.125. The Hall–Kier alpha value is -2.60. The van der Waals surface area contributed by atoms with Gasteiger partial charge in [-0.25, -0.2) is 0 Å². The van der Waals surface area contributed by atoms with Crippen molar-refractivity contribution in [3.8, 4) is 11.5 Å². The molecule has 0 radical (unpaired) electrons. The van der Waals surface area contributed by atoms with Gasteiger partial charge >= 0.3 is 0 Å². The SMILES string of the molecule is O=C1NCNC12CCS(=O)c1ccccc12.O=C1NCNC12CCSc1cc3c(cc12)OCCO3. The number of rotatable bonds is 0. The summed E-state index contributed by atoms with van der Waals surface area (Å²) in [4.78, 5) is 26.1. The number of fused-ring (bicyclic) bond motifs is 5. The summed E-state index contributed by atoms with van der Waals surface area (Å²) in [5.41, 5.74) is 0.651. The van der Waals surface area contributed by atoms with Crippen molar-refractivity contribution in [3.63, 3.8) is 0 Å². The quantitative estimate of drug-likeness (QED) is 0.410. The van der Waals surface area contributed by atoms with E-state index in [4.69, 9.17) is 9.47 Å². The summed E-state index contributed by atoms with van der Waals surface area (Å²) in [6, 6.07) is 11.5. The topological polar surface area (TPSA) is 118 Å². The number of carbonyl (C=O) groups excluding carboxylic acids is 2. The molecule has 2 fully saturated rings. The number of benzene rings is 2. The summed E-state index contributed by atoms with van der Waals surface area (Å²) in [7, 11) is -0.972. The molecule has 0 saturated carbocycles. The number of carbonyl (C=O) groups is 2. The molecule has 4 N–H and O–H groups in total. The largest absolute Gasteiger partial charge is 0.486 e. The van der Waals surface area contributed by atoms with Crippen LogP contribution in [0.3, 0.4) is 0 Å². The molecule has 9 nitrogen and oxygen atoms in total. The Kier molecular flexibility index (Phi) is 5.75. The van der Waals surface area contributed by atoms with Gasteiger partial charge in [-0.2, -0.15) is 0 Å². The molecule has 35 heavy (non-hydrogen) atoms. The van der Waals surface area contributed by atoms with E-state index < -0.39 is 21.9 Å². The Morgan fingerprint density at radius 1 is 0.857 bits per heavy atom. The third-order valence-electron chi connectivity index (χ3n) is 7.15. The molecule has 11 heteroatoms. The van der Waals surface area contributed by atoms with Crippen molar-refractivity contribution in [2.45, 2.75) is 33.7 Å². The number of hydrogen-bond donors (Lipinski definition) is 4. The second-order valence-corrected chi connectivity index (χ2v) is 11.6. The molecule has 2 aromatic rings. The molecule has 7 rings (SSSR count). The third kappa shape index (κ3) is 3.64. The molecule has 184 valence electrons. The number of amides is 2. The fourth-order valence-corrected chi connectivity index (χ4v) is 7.97. The molecule has 0 aliphatic carbocycles. The second kappa shape index (κ2) is 8.81. The summed E-state index contributed by atoms with van der Waals surface area (Å²) < 4.78 is 23.1. The van der Waals surface area contributed by atoms with Gasteiger partial charge in [-0.3, -0.25) is 24.4 Å². The highest BCUT2D eigenvalue weighted by Crippen LogP contribution is 2.47. The van der Waals surface area contributed by atoms with Crippen molar-refractivity contribution in [3.05, 3.63) is 47.5 Å². The van der Waals surface area contributed by atoms with E-state index in [1.807, 2.05) is 36.4 Å². The highest BCUT2D eigenvalue weighted by molar-refractivity contribution is 7.99. The minimum absolute atomic E-state index is 0.00310. The van der Waals surface area contributed by atoms with Crippen LogP contribution in [-0.2, 0) is 31.5 Å². The lowest BCUT2D eigenvalue weighted by Gasteiger charge is -2.34. The van der Waals surface area contributed by atoms with Gasteiger partial charge in [0.15, 0.2) is 11.5 Å². The molecule has 2 aromatic carbocycles. The fourth-order valence-electron chi connectivity index (χ4n) is 5.33. The zero-order chi connectivity index (χ0) is 24.0. The third-order valence-corrected chi connectivity index (χ3v) is 9.63. The molecule has 3 atom stereocenters. The first-order valence-corrected chi connectivity index (χ1v) is 14.0. The van der Waals surface area contributed by atoms with Crippen LogP contribution in [0, 0.1) is 0 Å². The van der Waals surface area contributed by atoms with Gasteiger partial charge in [0.2, 0.25) is 11.8 Å². The summed E-state index contributed by atoms with van der Waals surface area (Å²) in [5, 5.41) is 12.2. The van der Waals surface area contributed by atoms with Crippen LogP contribution < -0.4 is 30.7 Å². The van der Waals surface area contributed by atoms with Crippen molar-refractivity contribution in [2.24, 2.45) is 0 Å². The van der Waals surface area contributed by atoms with Crippen molar-refractivity contribution in [1.82, 2.24) is 21.3 Å². The fraction of sp³-hybridized carbons (Fsp3) is 0.417. The summed E-state index contributed by atoms with van der Waals surface area (Å²) in [6.07, 6.45) is 1.40. The Balaban J connectivity index is 0.000000133. The van der Waals surface area contributed by atoms with Crippen LogP contribution in [0.4, 0.5) is 0 Å². The standard InChI is InChI=1S/C13H14N2O3S.C11H12N2O2S/c16-12-13(15-7-14-12)1-4-19-11-6-10-9(5-8(11)13)17-2-3-18-10;14-10-11(13-7-12-10)5-6-16(15)9-4-2-1-3-8(9)11/h5-6,15H,1-4,7H2,(H,14,16);1-4,13H,5-7H2,(H,12,14). The van der Waals surface area contributed by atoms with Crippen molar-refractivity contribution < 1.29 is 23.3 Å². The molecular formula is C24H26N4O5S2. The normalized spacial score (nSPS) is 30.1. The van der Waals surface area contributed by atoms with Crippen LogP contribution in [-0.4, -0.2) is 54.1 Å². The number of nitrogens with one attached hydrogen (secondary N) is 4. The zero-order valence-electron chi connectivity index (χ0n) is 19.0. The molecular weight excluding hydrogens is 488 g/mol. The Morgan fingerprint density at radius 2 is 1.51 bits per heavy atom. The highest BCUT2D eigenvalue weighted by atomic mass is 32.2. The second-order valence-electron chi connectivity index (χ2n) is 8.92. The number of thioether (sulfide) groups is 1. The highest BCUT2D eigenvalue weighted by Gasteiger charge is 2.48. The van der Waals surface area contributed by atoms with E-state index in [0.29, 0.717) is 38.7 Å². The van der Waals surface area contributed by atoms with Gasteiger partial charge in [0, 0.05) is 21.3 Å². The average molecular weight is 515 g/mol. The molecule has 0 aromatic heterocycles. The summed E-state index contributed by atoms with van der Waals surface area (Å²) >= 11 is 1.77. The van der Waals surface area contributed by atoms with Crippen molar-refractivity contribution in [2.75, 3.05) is 38.1 Å². The van der Waals surface area contributed by atoms with Gasteiger partial charge in [0.25, 0.3) is 0 Å². The number of hydrogen-bond acceptors (Lipinski definition) is 8. The molecule has 5 aliphatic heterocycles. The predicted octanol–water partition coefficient (Wildman–Crippen LogP) is 0.896. The van der Waals surface area contributed by atoms with E-state index in [1.54, 1.807) is 11.8 Å². The minimum Gasteiger partial charge on any atom is -0.486 e. The van der Waals surface area contributed by atoms with E-state index in [2.05, 4.69) is 21.3 Å². The smallest absolute Gasteiger partial charge is 0.246 e. The van der Waals surface area contributed by atoms with Gasteiger partial charge in [0.05, 0.1) is 24.1 Å². The summed E-state index contributed by atoms with van der Waals surface area (Å²) in [6.45, 7) is 2.16. The van der Waals surface area contributed by atoms with Crippen LogP contribution in [0.15, 0.2) is 46.2 Å². The molecule has 0 bridgehead atoms. The Morgan fingerprint density at radius 3 is 2.20 bits per heavy atom. The molecule has 2 saturated heterocycles. The van der Waals surface area contributed by atoms with E-state index in [1.165, 1.54) is 0 Å². The van der Waals surface area contributed by atoms with E-state index >= 15 is 0 Å². The molecule has 2 amide bonds. The van der Waals surface area contributed by atoms with Crippen molar-refractivity contribution in [1.29, 1.82) is 0 Å². The van der Waals surface area contributed by atoms with Gasteiger partial charge in [-0.15, -0.1) is 11.8 Å². The molecule has 2 spiro atoms.